The number of hydrogen-bond acceptors (Lipinski definition) is 7. The van der Waals surface area contributed by atoms with Gasteiger partial charge in [0.15, 0.2) is 5.78 Å². The van der Waals surface area contributed by atoms with E-state index >= 15 is 0 Å². The van der Waals surface area contributed by atoms with Gasteiger partial charge in [0.25, 0.3) is 11.5 Å². The van der Waals surface area contributed by atoms with Crippen molar-refractivity contribution in [2.24, 2.45) is 12.5 Å². The number of Topliss-reactive ketones (excluding diaryl/α,β-unsaturated/α-hetero) is 1. The summed E-state index contributed by atoms with van der Waals surface area (Å²) in [5.74, 6) is -0.0121. The molecule has 10 nitrogen and oxygen atoms in total. The highest BCUT2D eigenvalue weighted by molar-refractivity contribution is 6.07. The van der Waals surface area contributed by atoms with Crippen LogP contribution in [0.1, 0.15) is 52.1 Å². The fourth-order valence-electron chi connectivity index (χ4n) is 6.23. The van der Waals surface area contributed by atoms with Gasteiger partial charge >= 0.3 is 0 Å². The predicted molar refractivity (Wildman–Crippen MR) is 155 cm³/mol. The first-order chi connectivity index (χ1) is 19.8. The van der Waals surface area contributed by atoms with Gasteiger partial charge in [-0.15, -0.1) is 0 Å². The smallest absolute Gasteiger partial charge is 0.268 e. The van der Waals surface area contributed by atoms with Crippen LogP contribution in [0.25, 0.3) is 27.8 Å². The van der Waals surface area contributed by atoms with Crippen molar-refractivity contribution in [3.8, 4) is 16.8 Å². The maximum atomic E-state index is 13.8. The number of nitrogens with one attached hydrogen (secondary N) is 1. The lowest BCUT2D eigenvalue weighted by Gasteiger charge is -2.45. The van der Waals surface area contributed by atoms with Crippen LogP contribution in [0, 0.1) is 5.41 Å². The Labute approximate surface area is 234 Å². The maximum Gasteiger partial charge on any atom is 0.268 e. The first-order valence-electron chi connectivity index (χ1n) is 13.5. The molecule has 0 unspecified atom stereocenters. The van der Waals surface area contributed by atoms with Crippen LogP contribution < -0.4 is 16.6 Å². The summed E-state index contributed by atoms with van der Waals surface area (Å²) >= 11 is 0. The number of carbonyl (C=O) groups excluding carboxylic acids is 2. The molecule has 3 N–H and O–H groups in total. The Morgan fingerprint density at radius 3 is 2.51 bits per heavy atom. The third-order valence-corrected chi connectivity index (χ3v) is 8.45. The molecule has 2 aliphatic carbocycles. The van der Waals surface area contributed by atoms with Gasteiger partial charge < -0.3 is 15.6 Å². The number of aryl methyl sites for hydroxylation is 1. The summed E-state index contributed by atoms with van der Waals surface area (Å²) in [7, 11) is 1.87. The number of benzene rings is 1. The Morgan fingerprint density at radius 2 is 1.80 bits per heavy atom. The molecule has 0 radical (unpaired) electrons. The molecule has 0 aliphatic heterocycles. The molecule has 5 aromatic rings. The summed E-state index contributed by atoms with van der Waals surface area (Å²) in [4.78, 5) is 53.5. The minimum absolute atomic E-state index is 0.0227. The van der Waals surface area contributed by atoms with Gasteiger partial charge in [0, 0.05) is 53.9 Å². The van der Waals surface area contributed by atoms with E-state index in [2.05, 4.69) is 20.3 Å². The molecule has 4 heterocycles. The number of anilines is 2. The molecule has 41 heavy (non-hydrogen) atoms. The van der Waals surface area contributed by atoms with E-state index in [0.29, 0.717) is 41.3 Å². The van der Waals surface area contributed by atoms with Gasteiger partial charge in [0.2, 0.25) is 0 Å². The lowest BCUT2D eigenvalue weighted by atomic mass is 9.60. The Balaban J connectivity index is 1.24. The van der Waals surface area contributed by atoms with Crippen molar-refractivity contribution in [3.05, 3.63) is 94.4 Å². The fraction of sp³-hybridized carbons (Fsp3) is 0.226. The highest BCUT2D eigenvalue weighted by atomic mass is 16.2. The molecule has 2 aliphatic rings. The van der Waals surface area contributed by atoms with Crippen LogP contribution in [0.15, 0.2) is 72.0 Å². The van der Waals surface area contributed by atoms with Crippen LogP contribution in [0.2, 0.25) is 0 Å². The summed E-state index contributed by atoms with van der Waals surface area (Å²) in [6.45, 7) is 0. The summed E-state index contributed by atoms with van der Waals surface area (Å²) in [6, 6.07) is 14.1. The number of nitrogens with zero attached hydrogens (tertiary/aromatic N) is 5. The van der Waals surface area contributed by atoms with E-state index in [9.17, 15) is 14.4 Å². The second-order valence-electron chi connectivity index (χ2n) is 11.0. The third-order valence-electron chi connectivity index (χ3n) is 8.45. The Kier molecular flexibility index (Phi) is 5.60. The lowest BCUT2D eigenvalue weighted by Crippen LogP contribution is -2.42. The van der Waals surface area contributed by atoms with Crippen LogP contribution in [0.3, 0.4) is 0 Å². The number of nitrogens with two attached hydrogens (primary N) is 1. The molecule has 0 atom stereocenters. The van der Waals surface area contributed by atoms with Crippen LogP contribution in [-0.4, -0.2) is 35.8 Å². The average molecular weight is 546 g/mol. The van der Waals surface area contributed by atoms with E-state index in [1.807, 2.05) is 48.1 Å². The van der Waals surface area contributed by atoms with Crippen LogP contribution in [0.5, 0.6) is 0 Å². The van der Waals surface area contributed by atoms with Gasteiger partial charge in [0.1, 0.15) is 29.2 Å². The molecule has 4 aromatic heterocycles. The number of ketones is 1. The number of fused-ring (bicyclic) bond motifs is 2. The topological polar surface area (TPSA) is 138 Å². The monoisotopic (exact) mass is 545 g/mol. The normalized spacial score (nSPS) is 15.5. The first kappa shape index (κ1) is 24.9. The minimum atomic E-state index is -0.623. The second-order valence-corrected chi connectivity index (χ2v) is 11.0. The van der Waals surface area contributed by atoms with Crippen LogP contribution >= 0.6 is 0 Å². The Hall–Kier alpha value is -5.12. The second kappa shape index (κ2) is 9.22. The van der Waals surface area contributed by atoms with Crippen molar-refractivity contribution < 1.29 is 9.59 Å². The van der Waals surface area contributed by atoms with Gasteiger partial charge in [0.05, 0.1) is 5.39 Å². The van der Waals surface area contributed by atoms with Gasteiger partial charge in [-0.25, -0.2) is 15.0 Å². The van der Waals surface area contributed by atoms with E-state index in [0.717, 1.165) is 35.8 Å². The Morgan fingerprint density at radius 1 is 1.00 bits per heavy atom. The highest BCUT2D eigenvalue weighted by Crippen LogP contribution is 2.50. The molecule has 1 amide bonds. The van der Waals surface area contributed by atoms with Gasteiger partial charge in [-0.2, -0.15) is 0 Å². The zero-order valence-electron chi connectivity index (χ0n) is 22.4. The molecule has 10 heteroatoms. The van der Waals surface area contributed by atoms with Crippen molar-refractivity contribution in [2.75, 3.05) is 11.1 Å². The fourth-order valence-corrected chi connectivity index (χ4v) is 6.23. The highest BCUT2D eigenvalue weighted by Gasteiger charge is 2.44. The third kappa shape index (κ3) is 4.02. The maximum absolute atomic E-state index is 13.8. The number of rotatable bonds is 4. The van der Waals surface area contributed by atoms with E-state index in [4.69, 9.17) is 5.73 Å². The standard InChI is InChI=1S/C31H27N7O3/c1-37-16-22(26-27(32)34-17-35-28(26)37)18-8-9-25(33-15-18)36-29(40)21-12-20-23(13-31(10-5-11-31)14-24(20)39)38(30(21)41)19-6-3-2-4-7-19/h2-4,6-9,12,15-17H,5,10-11,13-14H2,1H3,(H2,32,34,35)(H,33,36,40). The molecule has 7 rings (SSSR count). The van der Waals surface area contributed by atoms with Crippen molar-refractivity contribution in [1.29, 1.82) is 0 Å². The van der Waals surface area contributed by atoms with Crippen molar-refractivity contribution in [1.82, 2.24) is 24.1 Å². The molecule has 204 valence electrons. The Bertz CT molecular complexity index is 1920. The van der Waals surface area contributed by atoms with Crippen LogP contribution in [-0.2, 0) is 13.5 Å². The van der Waals surface area contributed by atoms with E-state index in [1.54, 1.807) is 22.9 Å². The van der Waals surface area contributed by atoms with Gasteiger partial charge in [-0.05, 0) is 55.0 Å². The van der Waals surface area contributed by atoms with E-state index in [-0.39, 0.29) is 22.6 Å². The number of amides is 1. The summed E-state index contributed by atoms with van der Waals surface area (Å²) < 4.78 is 3.41. The quantitative estimate of drug-likeness (QED) is 0.343. The molecular weight excluding hydrogens is 518 g/mol. The number of aromatic nitrogens is 5. The van der Waals surface area contributed by atoms with E-state index in [1.165, 1.54) is 12.4 Å². The van der Waals surface area contributed by atoms with E-state index < -0.39 is 11.5 Å². The number of hydrogen-bond donors (Lipinski definition) is 2. The molecule has 1 saturated carbocycles. The zero-order valence-corrected chi connectivity index (χ0v) is 22.4. The molecule has 1 spiro atoms. The minimum Gasteiger partial charge on any atom is -0.383 e. The average Bonchev–Trinajstić information content (AvgIpc) is 3.30. The van der Waals surface area contributed by atoms with Gasteiger partial charge in [-0.1, -0.05) is 24.6 Å². The van der Waals surface area contributed by atoms with Crippen molar-refractivity contribution in [2.45, 2.75) is 32.1 Å². The number of nitrogen functional groups attached to an aromatic ring is 1. The molecule has 0 saturated heterocycles. The summed E-state index contributed by atoms with van der Waals surface area (Å²) in [5, 5.41) is 3.46. The molecular formula is C31H27N7O3. The van der Waals surface area contributed by atoms with Crippen molar-refractivity contribution in [3.63, 3.8) is 0 Å². The number of carbonyl (C=O) groups is 2. The number of para-hydroxylation sites is 1. The lowest BCUT2D eigenvalue weighted by molar-refractivity contribution is 0.0701. The molecule has 1 aromatic carbocycles. The molecule has 0 bridgehead atoms. The largest absolute Gasteiger partial charge is 0.383 e. The van der Waals surface area contributed by atoms with Crippen molar-refractivity contribution >= 4 is 34.4 Å². The molecule has 1 fully saturated rings. The number of pyridine rings is 2. The summed E-state index contributed by atoms with van der Waals surface area (Å²) in [6.07, 6.45) is 9.07. The van der Waals surface area contributed by atoms with Crippen LogP contribution in [0.4, 0.5) is 11.6 Å². The SMILES string of the molecule is Cn1cc(-c2ccc(NC(=O)c3cc4c(n(-c5ccccc5)c3=O)CC3(CCC3)CC4=O)nc2)c2c(N)ncnc21. The zero-order chi connectivity index (χ0) is 28.3. The summed E-state index contributed by atoms with van der Waals surface area (Å²) in [5.41, 5.74) is 9.53. The first-order valence-corrected chi connectivity index (χ1v) is 13.5. The predicted octanol–water partition coefficient (Wildman–Crippen LogP) is 4.31. The van der Waals surface area contributed by atoms with Gasteiger partial charge in [-0.3, -0.25) is 19.0 Å².